The van der Waals surface area contributed by atoms with Gasteiger partial charge in [-0.05, 0) is 36.9 Å². The zero-order valence-corrected chi connectivity index (χ0v) is 17.6. The van der Waals surface area contributed by atoms with Gasteiger partial charge in [-0.1, -0.05) is 48.0 Å². The number of ether oxygens (including phenoxy) is 1. The van der Waals surface area contributed by atoms with Crippen LogP contribution >= 0.6 is 23.4 Å². The van der Waals surface area contributed by atoms with Crippen molar-refractivity contribution in [3.8, 4) is 0 Å². The molecule has 150 valence electrons. The Morgan fingerprint density at radius 2 is 1.93 bits per heavy atom. The van der Waals surface area contributed by atoms with Crippen molar-refractivity contribution < 1.29 is 14.3 Å². The lowest BCUT2D eigenvalue weighted by atomic mass is 10.2. The Morgan fingerprint density at radius 3 is 2.66 bits per heavy atom. The number of aromatic nitrogens is 2. The van der Waals surface area contributed by atoms with Gasteiger partial charge in [-0.25, -0.2) is 9.48 Å². The lowest BCUT2D eigenvalue weighted by Crippen LogP contribution is -2.21. The predicted molar refractivity (Wildman–Crippen MR) is 115 cm³/mol. The molecule has 2 aromatic carbocycles. The van der Waals surface area contributed by atoms with Gasteiger partial charge in [0.25, 0.3) is 5.91 Å². The number of nitrogens with zero attached hydrogens (tertiary/aromatic N) is 2. The summed E-state index contributed by atoms with van der Waals surface area (Å²) in [5.74, 6) is -1.11. The summed E-state index contributed by atoms with van der Waals surface area (Å²) in [4.78, 5) is 25.6. The molecular formula is C21H20ClN3O3S. The van der Waals surface area contributed by atoms with Gasteiger partial charge in [0, 0.05) is 10.6 Å². The number of benzene rings is 2. The second-order valence-electron chi connectivity index (χ2n) is 6.25. The largest absolute Gasteiger partial charge is 0.452 e. The molecule has 0 unspecified atom stereocenters. The normalized spacial score (nSPS) is 10.6. The molecule has 0 saturated carbocycles. The van der Waals surface area contributed by atoms with Crippen molar-refractivity contribution in [2.24, 2.45) is 0 Å². The Balaban J connectivity index is 1.62. The molecule has 0 spiro atoms. The lowest BCUT2D eigenvalue weighted by Gasteiger charge is -2.08. The van der Waals surface area contributed by atoms with Crippen LogP contribution in [-0.4, -0.2) is 34.5 Å². The standard InChI is InChI=1S/C21H20ClN3O3S/c1-14-19(20(22)25(24-14)12-15-7-4-3-5-8-15)21(27)28-13-18(26)23-16-9-6-10-17(11-16)29-2/h3-11H,12-13H2,1-2H3,(H,23,26). The molecule has 6 nitrogen and oxygen atoms in total. The van der Waals surface area contributed by atoms with Gasteiger partial charge in [-0.15, -0.1) is 11.8 Å². The second kappa shape index (κ2) is 9.62. The highest BCUT2D eigenvalue weighted by Crippen LogP contribution is 2.22. The highest BCUT2D eigenvalue weighted by Gasteiger charge is 2.22. The first-order chi connectivity index (χ1) is 14.0. The van der Waals surface area contributed by atoms with Crippen molar-refractivity contribution in [2.45, 2.75) is 18.4 Å². The predicted octanol–water partition coefficient (Wildman–Crippen LogP) is 4.41. The number of halogens is 1. The van der Waals surface area contributed by atoms with E-state index in [-0.39, 0.29) is 10.7 Å². The molecule has 0 aliphatic rings. The number of anilines is 1. The number of hydrogen-bond donors (Lipinski definition) is 1. The minimum atomic E-state index is -0.681. The van der Waals surface area contributed by atoms with E-state index in [2.05, 4.69) is 10.4 Å². The number of amides is 1. The van der Waals surface area contributed by atoms with E-state index in [1.807, 2.05) is 54.8 Å². The molecule has 0 bridgehead atoms. The maximum atomic E-state index is 12.5. The number of esters is 1. The van der Waals surface area contributed by atoms with Gasteiger partial charge in [-0.3, -0.25) is 4.79 Å². The molecule has 0 saturated heterocycles. The summed E-state index contributed by atoms with van der Waals surface area (Å²) < 4.78 is 6.69. The Morgan fingerprint density at radius 1 is 1.17 bits per heavy atom. The van der Waals surface area contributed by atoms with E-state index in [1.54, 1.807) is 24.8 Å². The molecule has 0 radical (unpaired) electrons. The number of thioether (sulfide) groups is 1. The number of aryl methyl sites for hydroxylation is 1. The number of hydrogen-bond acceptors (Lipinski definition) is 5. The van der Waals surface area contributed by atoms with Gasteiger partial charge in [0.1, 0.15) is 10.7 Å². The highest BCUT2D eigenvalue weighted by molar-refractivity contribution is 7.98. The van der Waals surface area contributed by atoms with Crippen LogP contribution in [0.15, 0.2) is 59.5 Å². The molecule has 0 aliphatic heterocycles. The molecule has 1 N–H and O–H groups in total. The first-order valence-corrected chi connectivity index (χ1v) is 10.5. The van der Waals surface area contributed by atoms with Crippen LogP contribution in [0.25, 0.3) is 0 Å². The zero-order valence-electron chi connectivity index (χ0n) is 16.0. The van der Waals surface area contributed by atoms with Crippen molar-refractivity contribution in [3.05, 3.63) is 76.6 Å². The summed E-state index contributed by atoms with van der Waals surface area (Å²) in [6.07, 6.45) is 1.95. The molecule has 1 amide bonds. The topological polar surface area (TPSA) is 73.2 Å². The van der Waals surface area contributed by atoms with Gasteiger partial charge in [0.15, 0.2) is 6.61 Å². The average Bonchev–Trinajstić information content (AvgIpc) is 3.00. The molecule has 29 heavy (non-hydrogen) atoms. The van der Waals surface area contributed by atoms with E-state index >= 15 is 0 Å². The number of rotatable bonds is 7. The minimum absolute atomic E-state index is 0.166. The average molecular weight is 430 g/mol. The SMILES string of the molecule is CSc1cccc(NC(=O)COC(=O)c2c(C)nn(Cc3ccccc3)c2Cl)c1. The Bertz CT molecular complexity index is 1020. The zero-order chi connectivity index (χ0) is 20.8. The van der Waals surface area contributed by atoms with Crippen LogP contribution in [-0.2, 0) is 16.1 Å². The first-order valence-electron chi connectivity index (χ1n) is 8.86. The third kappa shape index (κ3) is 5.40. The van der Waals surface area contributed by atoms with Crippen LogP contribution in [0.3, 0.4) is 0 Å². The fraction of sp³-hybridized carbons (Fsp3) is 0.190. The van der Waals surface area contributed by atoms with Gasteiger partial charge >= 0.3 is 5.97 Å². The summed E-state index contributed by atoms with van der Waals surface area (Å²) >= 11 is 7.92. The third-order valence-electron chi connectivity index (χ3n) is 4.13. The quantitative estimate of drug-likeness (QED) is 0.445. The van der Waals surface area contributed by atoms with Crippen LogP contribution in [0.5, 0.6) is 0 Å². The van der Waals surface area contributed by atoms with Crippen LogP contribution in [0, 0.1) is 6.92 Å². The van der Waals surface area contributed by atoms with Crippen molar-refractivity contribution >= 4 is 40.9 Å². The maximum Gasteiger partial charge on any atom is 0.343 e. The molecule has 8 heteroatoms. The molecule has 3 aromatic rings. The molecule has 0 aliphatic carbocycles. The molecular weight excluding hydrogens is 410 g/mol. The van der Waals surface area contributed by atoms with Crippen LogP contribution in [0.1, 0.15) is 21.6 Å². The van der Waals surface area contributed by atoms with Gasteiger partial charge in [0.2, 0.25) is 0 Å². The summed E-state index contributed by atoms with van der Waals surface area (Å²) in [5.41, 5.74) is 2.26. The van der Waals surface area contributed by atoms with Crippen molar-refractivity contribution in [3.63, 3.8) is 0 Å². The van der Waals surface area contributed by atoms with E-state index in [4.69, 9.17) is 16.3 Å². The van der Waals surface area contributed by atoms with E-state index in [9.17, 15) is 9.59 Å². The minimum Gasteiger partial charge on any atom is -0.452 e. The smallest absolute Gasteiger partial charge is 0.343 e. The summed E-state index contributed by atoms with van der Waals surface area (Å²) in [7, 11) is 0. The van der Waals surface area contributed by atoms with Crippen LogP contribution in [0.2, 0.25) is 5.15 Å². The molecule has 1 aromatic heterocycles. The van der Waals surface area contributed by atoms with E-state index in [1.165, 1.54) is 4.68 Å². The van der Waals surface area contributed by atoms with E-state index < -0.39 is 18.5 Å². The molecule has 0 atom stereocenters. The Hall–Kier alpha value is -2.77. The number of carbonyl (C=O) groups excluding carboxylic acids is 2. The summed E-state index contributed by atoms with van der Waals surface area (Å²) in [5, 5.41) is 7.21. The first kappa shape index (κ1) is 21.0. The van der Waals surface area contributed by atoms with E-state index in [0.717, 1.165) is 10.5 Å². The van der Waals surface area contributed by atoms with Crippen molar-refractivity contribution in [2.75, 3.05) is 18.2 Å². The fourth-order valence-electron chi connectivity index (χ4n) is 2.75. The molecule has 3 rings (SSSR count). The van der Waals surface area contributed by atoms with Crippen LogP contribution < -0.4 is 5.32 Å². The van der Waals surface area contributed by atoms with E-state index in [0.29, 0.717) is 17.9 Å². The van der Waals surface area contributed by atoms with Crippen molar-refractivity contribution in [1.82, 2.24) is 9.78 Å². The maximum absolute atomic E-state index is 12.5. The van der Waals surface area contributed by atoms with Gasteiger partial charge in [0.05, 0.1) is 12.2 Å². The second-order valence-corrected chi connectivity index (χ2v) is 7.49. The van der Waals surface area contributed by atoms with Crippen molar-refractivity contribution in [1.29, 1.82) is 0 Å². The lowest BCUT2D eigenvalue weighted by molar-refractivity contribution is -0.119. The summed E-state index contributed by atoms with van der Waals surface area (Å²) in [6, 6.07) is 17.1. The number of carbonyl (C=O) groups is 2. The fourth-order valence-corrected chi connectivity index (χ4v) is 3.52. The van der Waals surface area contributed by atoms with Gasteiger partial charge in [-0.2, -0.15) is 5.10 Å². The van der Waals surface area contributed by atoms with Crippen LogP contribution in [0.4, 0.5) is 5.69 Å². The van der Waals surface area contributed by atoms with Gasteiger partial charge < -0.3 is 10.1 Å². The third-order valence-corrected chi connectivity index (χ3v) is 5.24. The summed E-state index contributed by atoms with van der Waals surface area (Å²) in [6.45, 7) is 1.69. The molecule has 1 heterocycles. The Kier molecular flexibility index (Phi) is 6.95. The Labute approximate surface area is 178 Å². The molecule has 0 fully saturated rings. The highest BCUT2D eigenvalue weighted by atomic mass is 35.5. The monoisotopic (exact) mass is 429 g/mol. The number of nitrogens with one attached hydrogen (secondary N) is 1.